The van der Waals surface area contributed by atoms with Crippen molar-refractivity contribution >= 4 is 17.7 Å². The Balaban J connectivity index is 1.57. The van der Waals surface area contributed by atoms with Gasteiger partial charge in [-0.05, 0) is 60.6 Å². The summed E-state index contributed by atoms with van der Waals surface area (Å²) in [6.07, 6.45) is 3.83. The van der Waals surface area contributed by atoms with Crippen molar-refractivity contribution in [2.75, 3.05) is 5.75 Å². The standard InChI is InChI=1S/C20H20FNOS/c21-14-8-9-19-17(12-14)18(10-11-24-19)22-20(23)16-7-3-5-13-4-1-2-6-15(13)16/h1-2,4,6,8-9,12,16,18H,3,5,7,10-11H2,(H,22,23)/t16-,18-/m1/s1. The van der Waals surface area contributed by atoms with Gasteiger partial charge in [0.25, 0.3) is 0 Å². The van der Waals surface area contributed by atoms with E-state index in [1.807, 2.05) is 18.2 Å². The van der Waals surface area contributed by atoms with Gasteiger partial charge in [-0.25, -0.2) is 4.39 Å². The number of hydrogen-bond donors (Lipinski definition) is 1. The number of hydrogen-bond acceptors (Lipinski definition) is 2. The average Bonchev–Trinajstić information content (AvgIpc) is 2.61. The number of amides is 1. The Bertz CT molecular complexity index is 776. The Labute approximate surface area is 145 Å². The molecule has 1 amide bonds. The molecule has 2 aliphatic rings. The maximum atomic E-state index is 13.6. The molecule has 0 aromatic heterocycles. The zero-order valence-corrected chi connectivity index (χ0v) is 14.2. The second kappa shape index (κ2) is 6.60. The van der Waals surface area contributed by atoms with Crippen molar-refractivity contribution in [2.24, 2.45) is 0 Å². The largest absolute Gasteiger partial charge is 0.349 e. The second-order valence-electron chi connectivity index (χ2n) is 6.52. The second-order valence-corrected chi connectivity index (χ2v) is 7.66. The minimum Gasteiger partial charge on any atom is -0.349 e. The molecule has 0 spiro atoms. The summed E-state index contributed by atoms with van der Waals surface area (Å²) >= 11 is 1.73. The van der Waals surface area contributed by atoms with Gasteiger partial charge in [-0.1, -0.05) is 24.3 Å². The van der Waals surface area contributed by atoms with Gasteiger partial charge in [-0.3, -0.25) is 4.79 Å². The molecule has 2 aromatic rings. The molecule has 1 aliphatic carbocycles. The van der Waals surface area contributed by atoms with Crippen LogP contribution in [-0.2, 0) is 11.2 Å². The fraction of sp³-hybridized carbons (Fsp3) is 0.350. The van der Waals surface area contributed by atoms with Gasteiger partial charge in [0.05, 0.1) is 12.0 Å². The van der Waals surface area contributed by atoms with E-state index < -0.39 is 0 Å². The molecule has 1 aliphatic heterocycles. The Morgan fingerprint density at radius 2 is 2.00 bits per heavy atom. The van der Waals surface area contributed by atoms with Crippen LogP contribution in [0, 0.1) is 5.82 Å². The summed E-state index contributed by atoms with van der Waals surface area (Å²) < 4.78 is 13.6. The fourth-order valence-corrected chi connectivity index (χ4v) is 4.92. The number of carbonyl (C=O) groups excluding carboxylic acids is 1. The minimum absolute atomic E-state index is 0.0780. The third-order valence-electron chi connectivity index (χ3n) is 5.01. The number of carbonyl (C=O) groups is 1. The van der Waals surface area contributed by atoms with E-state index in [4.69, 9.17) is 0 Å². The Morgan fingerprint density at radius 3 is 2.92 bits per heavy atom. The first kappa shape index (κ1) is 15.7. The van der Waals surface area contributed by atoms with Crippen LogP contribution in [0.3, 0.4) is 0 Å². The van der Waals surface area contributed by atoms with E-state index in [9.17, 15) is 9.18 Å². The van der Waals surface area contributed by atoms with E-state index >= 15 is 0 Å². The highest BCUT2D eigenvalue weighted by Crippen LogP contribution is 2.38. The van der Waals surface area contributed by atoms with E-state index in [-0.39, 0.29) is 23.7 Å². The number of fused-ring (bicyclic) bond motifs is 2. The van der Waals surface area contributed by atoms with Gasteiger partial charge in [0, 0.05) is 10.6 Å². The van der Waals surface area contributed by atoms with Gasteiger partial charge in [0.2, 0.25) is 5.91 Å². The average molecular weight is 341 g/mol. The van der Waals surface area contributed by atoms with Crippen LogP contribution in [0.2, 0.25) is 0 Å². The number of nitrogens with one attached hydrogen (secondary N) is 1. The first-order valence-electron chi connectivity index (χ1n) is 8.53. The van der Waals surface area contributed by atoms with E-state index in [0.29, 0.717) is 0 Å². The number of benzene rings is 2. The van der Waals surface area contributed by atoms with Crippen LogP contribution < -0.4 is 5.32 Å². The quantitative estimate of drug-likeness (QED) is 0.865. The summed E-state index contributed by atoms with van der Waals surface area (Å²) in [5, 5.41) is 3.19. The van der Waals surface area contributed by atoms with Crippen LogP contribution in [0.25, 0.3) is 0 Å². The van der Waals surface area contributed by atoms with Crippen molar-refractivity contribution in [1.29, 1.82) is 0 Å². The summed E-state index contributed by atoms with van der Waals surface area (Å²) in [5.74, 6) is 0.708. The molecule has 124 valence electrons. The van der Waals surface area contributed by atoms with Gasteiger partial charge in [-0.2, -0.15) is 0 Å². The van der Waals surface area contributed by atoms with E-state index in [0.717, 1.165) is 47.5 Å². The molecule has 1 N–H and O–H groups in total. The summed E-state index contributed by atoms with van der Waals surface area (Å²) in [5.41, 5.74) is 3.36. The van der Waals surface area contributed by atoms with Gasteiger partial charge in [0.15, 0.2) is 0 Å². The number of rotatable bonds is 2. The lowest BCUT2D eigenvalue weighted by Crippen LogP contribution is -2.35. The summed E-state index contributed by atoms with van der Waals surface area (Å²) in [6.45, 7) is 0. The maximum absolute atomic E-state index is 13.6. The van der Waals surface area contributed by atoms with E-state index in [1.165, 1.54) is 11.6 Å². The zero-order valence-electron chi connectivity index (χ0n) is 13.4. The number of aryl methyl sites for hydroxylation is 1. The first-order valence-corrected chi connectivity index (χ1v) is 9.51. The van der Waals surface area contributed by atoms with Crippen molar-refractivity contribution in [3.05, 3.63) is 65.0 Å². The number of halogens is 1. The molecule has 0 radical (unpaired) electrons. The molecule has 4 heteroatoms. The topological polar surface area (TPSA) is 29.1 Å². The zero-order chi connectivity index (χ0) is 16.5. The van der Waals surface area contributed by atoms with Gasteiger partial charge < -0.3 is 5.32 Å². The van der Waals surface area contributed by atoms with Crippen molar-refractivity contribution in [3.8, 4) is 0 Å². The third-order valence-corrected chi connectivity index (χ3v) is 6.14. The van der Waals surface area contributed by atoms with E-state index in [2.05, 4.69) is 17.4 Å². The van der Waals surface area contributed by atoms with Crippen molar-refractivity contribution in [2.45, 2.75) is 42.5 Å². The highest BCUT2D eigenvalue weighted by Gasteiger charge is 2.29. The van der Waals surface area contributed by atoms with Crippen LogP contribution in [0.15, 0.2) is 47.4 Å². The summed E-state index contributed by atoms with van der Waals surface area (Å²) in [4.78, 5) is 14.0. The van der Waals surface area contributed by atoms with Crippen LogP contribution in [0.1, 0.15) is 47.9 Å². The molecule has 0 fully saturated rings. The predicted molar refractivity (Wildman–Crippen MR) is 94.7 cm³/mol. The monoisotopic (exact) mass is 341 g/mol. The maximum Gasteiger partial charge on any atom is 0.228 e. The molecule has 4 rings (SSSR count). The molecule has 24 heavy (non-hydrogen) atoms. The minimum atomic E-state index is -0.237. The molecular formula is C20H20FNOS. The van der Waals surface area contributed by atoms with Crippen LogP contribution in [-0.4, -0.2) is 11.7 Å². The molecule has 0 unspecified atom stereocenters. The molecule has 0 saturated carbocycles. The number of thioether (sulfide) groups is 1. The Kier molecular flexibility index (Phi) is 4.31. The molecule has 2 atom stereocenters. The molecule has 0 saturated heterocycles. The first-order chi connectivity index (χ1) is 11.7. The smallest absolute Gasteiger partial charge is 0.228 e. The highest BCUT2D eigenvalue weighted by molar-refractivity contribution is 7.99. The van der Waals surface area contributed by atoms with Crippen molar-refractivity contribution in [1.82, 2.24) is 5.32 Å². The van der Waals surface area contributed by atoms with Gasteiger partial charge in [-0.15, -0.1) is 11.8 Å². The molecule has 1 heterocycles. The Hall–Kier alpha value is -1.81. The van der Waals surface area contributed by atoms with Gasteiger partial charge >= 0.3 is 0 Å². The lowest BCUT2D eigenvalue weighted by atomic mass is 9.82. The summed E-state index contributed by atoms with van der Waals surface area (Å²) in [7, 11) is 0. The molecular weight excluding hydrogens is 321 g/mol. The van der Waals surface area contributed by atoms with Crippen molar-refractivity contribution < 1.29 is 9.18 Å². The van der Waals surface area contributed by atoms with Crippen LogP contribution in [0.5, 0.6) is 0 Å². The predicted octanol–water partition coefficient (Wildman–Crippen LogP) is 4.60. The lowest BCUT2D eigenvalue weighted by Gasteiger charge is -2.30. The lowest BCUT2D eigenvalue weighted by molar-refractivity contribution is -0.123. The molecule has 0 bridgehead atoms. The SMILES string of the molecule is O=C(N[C@@H]1CCSc2ccc(F)cc21)[C@@H]1CCCc2ccccc21. The Morgan fingerprint density at radius 1 is 1.12 bits per heavy atom. The highest BCUT2D eigenvalue weighted by atomic mass is 32.2. The van der Waals surface area contributed by atoms with Crippen LogP contribution in [0.4, 0.5) is 4.39 Å². The third kappa shape index (κ3) is 2.95. The van der Waals surface area contributed by atoms with Crippen molar-refractivity contribution in [3.63, 3.8) is 0 Å². The van der Waals surface area contributed by atoms with Gasteiger partial charge in [0.1, 0.15) is 5.82 Å². The molecule has 2 aromatic carbocycles. The fourth-order valence-electron chi connectivity index (χ4n) is 3.81. The van der Waals surface area contributed by atoms with Crippen LogP contribution >= 0.6 is 11.8 Å². The normalized spacial score (nSPS) is 22.4. The molecule has 2 nitrogen and oxygen atoms in total. The summed E-state index contributed by atoms with van der Waals surface area (Å²) in [6, 6.07) is 13.0. The van der Waals surface area contributed by atoms with E-state index in [1.54, 1.807) is 17.8 Å².